The Bertz CT molecular complexity index is 1480. The highest BCUT2D eigenvalue weighted by Crippen LogP contribution is 2.38. The third kappa shape index (κ3) is 11.4. The van der Waals surface area contributed by atoms with Crippen LogP contribution in [-0.2, 0) is 26.7 Å². The molecule has 2 aromatic carbocycles. The molecule has 0 spiro atoms. The zero-order chi connectivity index (χ0) is 37.6. The topological polar surface area (TPSA) is 90.4 Å². The summed E-state index contributed by atoms with van der Waals surface area (Å²) < 4.78 is 118. The number of carboxylic acid groups (broad SMARTS) is 1. The molecule has 2 aliphatic rings. The van der Waals surface area contributed by atoms with E-state index in [2.05, 4.69) is 4.90 Å². The van der Waals surface area contributed by atoms with Crippen molar-refractivity contribution in [1.29, 1.82) is 0 Å². The van der Waals surface area contributed by atoms with Gasteiger partial charge in [-0.15, -0.1) is 0 Å². The van der Waals surface area contributed by atoms with Crippen molar-refractivity contribution in [1.82, 2.24) is 14.7 Å². The molecule has 19 heteroatoms. The lowest BCUT2D eigenvalue weighted by atomic mass is 9.84. The third-order valence-electron chi connectivity index (χ3n) is 8.16. The van der Waals surface area contributed by atoms with Crippen LogP contribution in [0.15, 0.2) is 36.4 Å². The molecule has 2 saturated heterocycles. The number of benzene rings is 2. The summed E-state index contributed by atoms with van der Waals surface area (Å²) in [6.45, 7) is 4.08. The molecule has 0 radical (unpaired) electrons. The van der Waals surface area contributed by atoms with Crippen LogP contribution in [0.25, 0.3) is 0 Å². The van der Waals surface area contributed by atoms with E-state index in [-0.39, 0.29) is 41.5 Å². The van der Waals surface area contributed by atoms with Crippen LogP contribution >= 0.6 is 23.2 Å². The van der Waals surface area contributed by atoms with Crippen molar-refractivity contribution in [3.8, 4) is 0 Å². The molecular formula is C31H32Cl2F9N3O5. The Labute approximate surface area is 290 Å². The minimum absolute atomic E-state index is 0.0154. The second kappa shape index (κ2) is 16.8. The molecule has 4 rings (SSSR count). The quantitative estimate of drug-likeness (QED) is 0.299. The van der Waals surface area contributed by atoms with Crippen LogP contribution in [0, 0.1) is 0 Å². The van der Waals surface area contributed by atoms with Crippen LogP contribution < -0.4 is 0 Å². The van der Waals surface area contributed by atoms with Gasteiger partial charge in [0.2, 0.25) is 5.91 Å². The fourth-order valence-corrected chi connectivity index (χ4v) is 5.88. The van der Waals surface area contributed by atoms with E-state index in [4.69, 9.17) is 37.8 Å². The Hall–Kier alpha value is -3.28. The number of carboxylic acids is 1. The van der Waals surface area contributed by atoms with Gasteiger partial charge in [-0.2, -0.15) is 39.5 Å². The van der Waals surface area contributed by atoms with Gasteiger partial charge < -0.3 is 19.6 Å². The number of halogens is 11. The van der Waals surface area contributed by atoms with E-state index in [1.54, 1.807) is 23.1 Å². The monoisotopic (exact) mass is 767 g/mol. The summed E-state index contributed by atoms with van der Waals surface area (Å²) >= 11 is 12.4. The Kier molecular flexibility index (Phi) is 13.8. The molecule has 0 aliphatic carbocycles. The molecule has 278 valence electrons. The van der Waals surface area contributed by atoms with Crippen molar-refractivity contribution in [2.75, 3.05) is 53.0 Å². The first-order valence-corrected chi connectivity index (χ1v) is 15.7. The fraction of sp³-hybridized carbons (Fsp3) is 0.516. The number of hydrogen-bond donors (Lipinski definition) is 1. The van der Waals surface area contributed by atoms with Gasteiger partial charge in [-0.05, 0) is 55.3 Å². The SMILES string of the molecule is CN(C(=O)c1cc(C(F)(F)F)cc(C(F)(F)F)c1)[C@@H]1CCN(C(=O)CCCN2CCOCC2)C[C@H]1c1ccc(Cl)c(Cl)c1.O=C(O)C(F)(F)F. The second-order valence-electron chi connectivity index (χ2n) is 11.5. The predicted molar refractivity (Wildman–Crippen MR) is 163 cm³/mol. The van der Waals surface area contributed by atoms with Crippen LogP contribution in [-0.4, -0.2) is 103 Å². The minimum Gasteiger partial charge on any atom is -0.475 e. The number of likely N-dealkylation sites (N-methyl/N-ethyl adjacent to an activating group) is 1. The maximum Gasteiger partial charge on any atom is 0.490 e. The van der Waals surface area contributed by atoms with E-state index in [0.717, 1.165) is 24.5 Å². The summed E-state index contributed by atoms with van der Waals surface area (Å²) in [5.74, 6) is -4.38. The average Bonchev–Trinajstić information content (AvgIpc) is 3.04. The maximum absolute atomic E-state index is 13.5. The second-order valence-corrected chi connectivity index (χ2v) is 12.4. The summed E-state index contributed by atoms with van der Waals surface area (Å²) in [6.07, 6.45) is -14.1. The first-order chi connectivity index (χ1) is 23.1. The van der Waals surface area contributed by atoms with Crippen LogP contribution in [0.5, 0.6) is 0 Å². The molecule has 0 unspecified atom stereocenters. The number of hydrogen-bond acceptors (Lipinski definition) is 5. The molecule has 2 aromatic rings. The normalized spacial score (nSPS) is 19.0. The van der Waals surface area contributed by atoms with Crippen LogP contribution in [0.3, 0.4) is 0 Å². The van der Waals surface area contributed by atoms with E-state index < -0.39 is 59.1 Å². The highest BCUT2D eigenvalue weighted by Gasteiger charge is 2.41. The van der Waals surface area contributed by atoms with Crippen LogP contribution in [0.1, 0.15) is 52.2 Å². The molecule has 2 amide bonds. The highest BCUT2D eigenvalue weighted by atomic mass is 35.5. The van der Waals surface area contributed by atoms with Gasteiger partial charge in [0.05, 0.1) is 34.4 Å². The largest absolute Gasteiger partial charge is 0.490 e. The standard InChI is InChI=1S/C29H31Cl2F6N3O3.C2HF3O2/c1-38(27(42)19-13-20(28(32,33)34)16-21(14-19)29(35,36)37)25-6-8-40(17-22(25)18-4-5-23(30)24(31)15-18)26(41)3-2-7-39-9-11-43-12-10-39;3-2(4,5)1(6)7/h4-5,13-16,22,25H,2-3,6-12,17H2,1H3;(H,6,7)/t22-,25+;/m0./s1. The Morgan fingerprint density at radius 1 is 0.880 bits per heavy atom. The zero-order valence-corrected chi connectivity index (χ0v) is 27.8. The smallest absolute Gasteiger partial charge is 0.475 e. The number of likely N-dealkylation sites (tertiary alicyclic amines) is 1. The van der Waals surface area contributed by atoms with Crippen molar-refractivity contribution >= 4 is 41.0 Å². The molecule has 2 aliphatic heterocycles. The number of morpholine rings is 1. The zero-order valence-electron chi connectivity index (χ0n) is 26.3. The lowest BCUT2D eigenvalue weighted by molar-refractivity contribution is -0.192. The first kappa shape index (κ1) is 41.1. The van der Waals surface area contributed by atoms with Crippen LogP contribution in [0.2, 0.25) is 10.0 Å². The van der Waals surface area contributed by atoms with Gasteiger partial charge in [-0.25, -0.2) is 4.79 Å². The van der Waals surface area contributed by atoms with Crippen molar-refractivity contribution < 1.29 is 63.7 Å². The number of piperidine rings is 1. The predicted octanol–water partition coefficient (Wildman–Crippen LogP) is 7.23. The van der Waals surface area contributed by atoms with Crippen molar-refractivity contribution in [2.45, 2.75) is 49.8 Å². The van der Waals surface area contributed by atoms with E-state index in [1.165, 1.54) is 7.05 Å². The van der Waals surface area contributed by atoms with Gasteiger partial charge in [0.15, 0.2) is 0 Å². The Morgan fingerprint density at radius 2 is 1.44 bits per heavy atom. The van der Waals surface area contributed by atoms with Gasteiger partial charge in [0.25, 0.3) is 5.91 Å². The number of alkyl halides is 9. The van der Waals surface area contributed by atoms with Gasteiger partial charge in [0, 0.05) is 57.2 Å². The number of amides is 2. The lowest BCUT2D eigenvalue weighted by Gasteiger charge is -2.43. The van der Waals surface area contributed by atoms with Crippen molar-refractivity contribution in [2.24, 2.45) is 0 Å². The molecule has 2 atom stereocenters. The van der Waals surface area contributed by atoms with Gasteiger partial charge >= 0.3 is 24.5 Å². The minimum atomic E-state index is -5.09. The molecule has 1 N–H and O–H groups in total. The highest BCUT2D eigenvalue weighted by molar-refractivity contribution is 6.42. The van der Waals surface area contributed by atoms with Gasteiger partial charge in [-0.1, -0.05) is 29.3 Å². The lowest BCUT2D eigenvalue weighted by Crippen LogP contribution is -2.52. The van der Waals surface area contributed by atoms with Crippen molar-refractivity contribution in [3.05, 3.63) is 68.7 Å². The number of nitrogens with zero attached hydrogens (tertiary/aromatic N) is 3. The number of aliphatic carboxylic acids is 1. The van der Waals surface area contributed by atoms with E-state index in [0.29, 0.717) is 43.8 Å². The molecule has 2 fully saturated rings. The summed E-state index contributed by atoms with van der Waals surface area (Å²) in [7, 11) is 1.34. The average molecular weight is 769 g/mol. The van der Waals surface area contributed by atoms with E-state index in [1.807, 2.05) is 0 Å². The van der Waals surface area contributed by atoms with Gasteiger partial charge in [-0.3, -0.25) is 14.5 Å². The maximum atomic E-state index is 13.5. The van der Waals surface area contributed by atoms with E-state index in [9.17, 15) is 49.1 Å². The molecule has 0 bridgehead atoms. The first-order valence-electron chi connectivity index (χ1n) is 15.0. The molecular weight excluding hydrogens is 736 g/mol. The Morgan fingerprint density at radius 3 is 1.94 bits per heavy atom. The van der Waals surface area contributed by atoms with Crippen LogP contribution in [0.4, 0.5) is 39.5 Å². The molecule has 0 saturated carbocycles. The molecule has 0 aromatic heterocycles. The van der Waals surface area contributed by atoms with Crippen molar-refractivity contribution in [3.63, 3.8) is 0 Å². The van der Waals surface area contributed by atoms with Gasteiger partial charge in [0.1, 0.15) is 0 Å². The number of ether oxygens (including phenoxy) is 1. The Balaban J connectivity index is 0.000000872. The fourth-order valence-electron chi connectivity index (χ4n) is 5.57. The summed E-state index contributed by atoms with van der Waals surface area (Å²) in [5, 5.41) is 7.63. The number of carbonyl (C=O) groups excluding carboxylic acids is 2. The summed E-state index contributed by atoms with van der Waals surface area (Å²) in [4.78, 5) is 40.6. The molecule has 50 heavy (non-hydrogen) atoms. The number of rotatable bonds is 7. The number of carbonyl (C=O) groups is 3. The molecule has 8 nitrogen and oxygen atoms in total. The molecule has 2 heterocycles. The van der Waals surface area contributed by atoms with E-state index >= 15 is 0 Å². The summed E-state index contributed by atoms with van der Waals surface area (Å²) in [5.41, 5.74) is -3.25. The summed E-state index contributed by atoms with van der Waals surface area (Å²) in [6, 6.07) is 5.01. The third-order valence-corrected chi connectivity index (χ3v) is 8.90.